The van der Waals surface area contributed by atoms with E-state index in [0.29, 0.717) is 17.2 Å². The third-order valence-electron chi connectivity index (χ3n) is 4.58. The van der Waals surface area contributed by atoms with Crippen LogP contribution in [0.2, 0.25) is 0 Å². The number of amides is 1. The number of carbonyl (C=O) groups is 2. The van der Waals surface area contributed by atoms with Crippen molar-refractivity contribution < 1.29 is 14.3 Å². The van der Waals surface area contributed by atoms with E-state index < -0.39 is 5.97 Å². The molecule has 3 aromatic rings. The van der Waals surface area contributed by atoms with Crippen LogP contribution in [0.25, 0.3) is 10.8 Å². The molecule has 0 bridgehead atoms. The number of rotatable bonds is 5. The van der Waals surface area contributed by atoms with E-state index in [2.05, 4.69) is 10.6 Å². The fourth-order valence-electron chi connectivity index (χ4n) is 3.09. The smallest absolute Gasteiger partial charge is 0.341 e. The van der Waals surface area contributed by atoms with E-state index in [4.69, 9.17) is 17.0 Å². The lowest BCUT2D eigenvalue weighted by Gasteiger charge is -2.11. The van der Waals surface area contributed by atoms with Gasteiger partial charge in [0.05, 0.1) is 18.6 Å². The summed E-state index contributed by atoms with van der Waals surface area (Å²) in [5.41, 5.74) is 2.24. The summed E-state index contributed by atoms with van der Waals surface area (Å²) in [6.45, 7) is 5.85. The van der Waals surface area contributed by atoms with E-state index >= 15 is 0 Å². The molecule has 0 atom stereocenters. The molecule has 2 aromatic carbocycles. The lowest BCUT2D eigenvalue weighted by Crippen LogP contribution is -2.35. The Morgan fingerprint density at radius 2 is 1.83 bits per heavy atom. The second-order valence-corrected chi connectivity index (χ2v) is 8.16. The number of hydrogen-bond acceptors (Lipinski definition) is 5. The SMILES string of the molecule is CCOC(=O)c1c(NC(=S)NC(=O)Cc2cccc3ccccc23)sc(C)c1C. The number of thiophene rings is 1. The zero-order chi connectivity index (χ0) is 21.0. The molecule has 1 amide bonds. The minimum Gasteiger partial charge on any atom is -0.462 e. The van der Waals surface area contributed by atoms with Gasteiger partial charge in [0.25, 0.3) is 0 Å². The van der Waals surface area contributed by atoms with Crippen LogP contribution in [0.15, 0.2) is 42.5 Å². The predicted molar refractivity (Wildman–Crippen MR) is 122 cm³/mol. The number of fused-ring (bicyclic) bond motifs is 1. The fourth-order valence-corrected chi connectivity index (χ4v) is 4.42. The molecule has 0 aliphatic carbocycles. The molecule has 0 radical (unpaired) electrons. The van der Waals surface area contributed by atoms with Crippen molar-refractivity contribution in [1.82, 2.24) is 5.32 Å². The maximum Gasteiger partial charge on any atom is 0.341 e. The van der Waals surface area contributed by atoms with E-state index in [1.54, 1.807) is 6.92 Å². The summed E-state index contributed by atoms with van der Waals surface area (Å²) in [7, 11) is 0. The van der Waals surface area contributed by atoms with Crippen molar-refractivity contribution in [3.05, 3.63) is 64.0 Å². The number of ether oxygens (including phenoxy) is 1. The third-order valence-corrected chi connectivity index (χ3v) is 5.90. The first kappa shape index (κ1) is 21.0. The summed E-state index contributed by atoms with van der Waals surface area (Å²) in [5.74, 6) is -0.622. The molecule has 2 N–H and O–H groups in total. The number of aryl methyl sites for hydroxylation is 1. The molecule has 0 fully saturated rings. The van der Waals surface area contributed by atoms with Gasteiger partial charge in [0.15, 0.2) is 5.11 Å². The molecule has 29 heavy (non-hydrogen) atoms. The van der Waals surface area contributed by atoms with Gasteiger partial charge in [-0.15, -0.1) is 11.3 Å². The number of anilines is 1. The number of nitrogens with one attached hydrogen (secondary N) is 2. The van der Waals surface area contributed by atoms with Gasteiger partial charge < -0.3 is 15.4 Å². The van der Waals surface area contributed by atoms with Crippen LogP contribution in [-0.2, 0) is 16.0 Å². The Morgan fingerprint density at radius 3 is 2.59 bits per heavy atom. The highest BCUT2D eigenvalue weighted by Gasteiger charge is 2.21. The summed E-state index contributed by atoms with van der Waals surface area (Å²) in [4.78, 5) is 25.8. The highest BCUT2D eigenvalue weighted by atomic mass is 32.1. The maximum atomic E-state index is 12.5. The van der Waals surface area contributed by atoms with Crippen molar-refractivity contribution in [1.29, 1.82) is 0 Å². The first-order chi connectivity index (χ1) is 13.9. The standard InChI is InChI=1S/C22H22N2O3S2/c1-4-27-21(26)19-13(2)14(3)29-20(19)24-22(28)23-18(25)12-16-10-7-9-15-8-5-6-11-17(15)16/h5-11H,4,12H2,1-3H3,(H2,23,24,25,28). The van der Waals surface area contributed by atoms with Gasteiger partial charge in [-0.05, 0) is 54.9 Å². The molecule has 5 nitrogen and oxygen atoms in total. The molecule has 0 aliphatic heterocycles. The van der Waals surface area contributed by atoms with Crippen LogP contribution in [0.3, 0.4) is 0 Å². The van der Waals surface area contributed by atoms with Crippen LogP contribution < -0.4 is 10.6 Å². The number of esters is 1. The van der Waals surface area contributed by atoms with Crippen molar-refractivity contribution in [3.8, 4) is 0 Å². The normalized spacial score (nSPS) is 10.6. The van der Waals surface area contributed by atoms with Gasteiger partial charge in [-0.1, -0.05) is 42.5 Å². The Balaban J connectivity index is 1.70. The molecular formula is C22H22N2O3S2. The zero-order valence-electron chi connectivity index (χ0n) is 16.5. The molecule has 3 rings (SSSR count). The van der Waals surface area contributed by atoms with Gasteiger partial charge in [-0.3, -0.25) is 4.79 Å². The van der Waals surface area contributed by atoms with Crippen molar-refractivity contribution in [2.75, 3.05) is 11.9 Å². The zero-order valence-corrected chi connectivity index (χ0v) is 18.1. The summed E-state index contributed by atoms with van der Waals surface area (Å²) >= 11 is 6.70. The van der Waals surface area contributed by atoms with Gasteiger partial charge in [-0.25, -0.2) is 4.79 Å². The Bertz CT molecular complexity index is 1080. The Labute approximate surface area is 179 Å². The quantitative estimate of drug-likeness (QED) is 0.455. The summed E-state index contributed by atoms with van der Waals surface area (Å²) in [5, 5.41) is 8.54. The number of hydrogen-bond donors (Lipinski definition) is 2. The van der Waals surface area contributed by atoms with Gasteiger partial charge in [0.2, 0.25) is 5.91 Å². The molecule has 0 spiro atoms. The first-order valence-corrected chi connectivity index (χ1v) is 10.5. The maximum absolute atomic E-state index is 12.5. The topological polar surface area (TPSA) is 67.4 Å². The largest absolute Gasteiger partial charge is 0.462 e. The number of carbonyl (C=O) groups excluding carboxylic acids is 2. The Hall–Kier alpha value is -2.77. The summed E-state index contributed by atoms with van der Waals surface area (Å²) in [6, 6.07) is 13.8. The van der Waals surface area contributed by atoms with Crippen LogP contribution in [-0.4, -0.2) is 23.6 Å². The summed E-state index contributed by atoms with van der Waals surface area (Å²) in [6.07, 6.45) is 0.205. The van der Waals surface area contributed by atoms with Crippen molar-refractivity contribution in [3.63, 3.8) is 0 Å². The van der Waals surface area contributed by atoms with Crippen molar-refractivity contribution in [2.24, 2.45) is 0 Å². The molecule has 0 unspecified atom stereocenters. The average Bonchev–Trinajstić information content (AvgIpc) is 2.95. The minimum absolute atomic E-state index is 0.155. The minimum atomic E-state index is -0.401. The lowest BCUT2D eigenvalue weighted by molar-refractivity contribution is -0.119. The first-order valence-electron chi connectivity index (χ1n) is 9.25. The van der Waals surface area contributed by atoms with E-state index in [-0.39, 0.29) is 17.4 Å². The van der Waals surface area contributed by atoms with Crippen LogP contribution >= 0.6 is 23.6 Å². The number of benzene rings is 2. The predicted octanol–water partition coefficient (Wildman–Crippen LogP) is 4.75. The lowest BCUT2D eigenvalue weighted by atomic mass is 10.0. The number of thiocarbonyl (C=S) groups is 1. The highest BCUT2D eigenvalue weighted by Crippen LogP contribution is 2.33. The second kappa shape index (κ2) is 9.15. The van der Waals surface area contributed by atoms with Gasteiger partial charge in [0.1, 0.15) is 5.00 Å². The van der Waals surface area contributed by atoms with E-state index in [1.807, 2.05) is 56.3 Å². The molecule has 0 saturated carbocycles. The van der Waals surface area contributed by atoms with E-state index in [9.17, 15) is 9.59 Å². The van der Waals surface area contributed by atoms with Gasteiger partial charge >= 0.3 is 5.97 Å². The Morgan fingerprint density at radius 1 is 1.10 bits per heavy atom. The molecule has 1 heterocycles. The van der Waals surface area contributed by atoms with Crippen LogP contribution in [0, 0.1) is 13.8 Å². The molecule has 1 aromatic heterocycles. The van der Waals surface area contributed by atoms with Gasteiger partial charge in [-0.2, -0.15) is 0 Å². The molecule has 150 valence electrons. The Kier molecular flexibility index (Phi) is 6.61. The molecular weight excluding hydrogens is 404 g/mol. The monoisotopic (exact) mass is 426 g/mol. The van der Waals surface area contributed by atoms with Crippen LogP contribution in [0.4, 0.5) is 5.00 Å². The van der Waals surface area contributed by atoms with Crippen LogP contribution in [0.5, 0.6) is 0 Å². The van der Waals surface area contributed by atoms with Crippen LogP contribution in [0.1, 0.15) is 33.3 Å². The molecule has 0 aliphatic rings. The van der Waals surface area contributed by atoms with E-state index in [0.717, 1.165) is 26.8 Å². The molecule has 7 heteroatoms. The average molecular weight is 427 g/mol. The van der Waals surface area contributed by atoms with Crippen molar-refractivity contribution in [2.45, 2.75) is 27.2 Å². The van der Waals surface area contributed by atoms with E-state index in [1.165, 1.54) is 11.3 Å². The van der Waals surface area contributed by atoms with Gasteiger partial charge in [0, 0.05) is 4.88 Å². The summed E-state index contributed by atoms with van der Waals surface area (Å²) < 4.78 is 5.14. The molecule has 0 saturated heterocycles. The highest BCUT2D eigenvalue weighted by molar-refractivity contribution is 7.80. The second-order valence-electron chi connectivity index (χ2n) is 6.53. The fraction of sp³-hybridized carbons (Fsp3) is 0.227. The van der Waals surface area contributed by atoms with Crippen molar-refractivity contribution >= 4 is 56.3 Å². The third kappa shape index (κ3) is 4.81.